The van der Waals surface area contributed by atoms with Gasteiger partial charge >= 0.3 is 0 Å². The van der Waals surface area contributed by atoms with Gasteiger partial charge in [-0.05, 0) is 12.1 Å². The summed E-state index contributed by atoms with van der Waals surface area (Å²) in [7, 11) is 0. The van der Waals surface area contributed by atoms with Crippen LogP contribution in [0.3, 0.4) is 0 Å². The van der Waals surface area contributed by atoms with E-state index in [9.17, 15) is 8.78 Å². The lowest BCUT2D eigenvalue weighted by molar-refractivity contribution is -0.0756. The van der Waals surface area contributed by atoms with E-state index in [2.05, 4.69) is 0 Å². The van der Waals surface area contributed by atoms with Gasteiger partial charge in [-0.15, -0.1) is 0 Å². The second-order valence-electron chi connectivity index (χ2n) is 3.05. The summed E-state index contributed by atoms with van der Waals surface area (Å²) in [5, 5.41) is 8.42. The summed E-state index contributed by atoms with van der Waals surface area (Å²) in [4.78, 5) is 0. The highest BCUT2D eigenvalue weighted by atomic mass is 19.3. The van der Waals surface area contributed by atoms with Gasteiger partial charge in [0.15, 0.2) is 0 Å². The quantitative estimate of drug-likeness (QED) is 0.782. The Morgan fingerprint density at radius 2 is 2.21 bits per heavy atom. The Balaban J connectivity index is 2.83. The van der Waals surface area contributed by atoms with E-state index in [1.54, 1.807) is 6.07 Å². The fraction of sp³-hybridized carbons (Fsp3) is 0.556. The van der Waals surface area contributed by atoms with Gasteiger partial charge in [-0.1, -0.05) is 6.92 Å². The zero-order valence-corrected chi connectivity index (χ0v) is 7.84. The van der Waals surface area contributed by atoms with E-state index >= 15 is 0 Å². The Labute approximate surface area is 80.5 Å². The number of furan rings is 1. The van der Waals surface area contributed by atoms with E-state index in [-0.39, 0.29) is 5.76 Å². The van der Waals surface area contributed by atoms with Crippen molar-refractivity contribution in [2.24, 2.45) is 5.73 Å². The molecule has 0 aromatic carbocycles. The molecule has 0 saturated heterocycles. The van der Waals surface area contributed by atoms with E-state index in [0.717, 1.165) is 0 Å². The Kier molecular flexibility index (Phi) is 3.23. The van der Waals surface area contributed by atoms with Crippen LogP contribution in [0, 0.1) is 0 Å². The van der Waals surface area contributed by atoms with Gasteiger partial charge < -0.3 is 15.3 Å². The number of alkyl halides is 2. The van der Waals surface area contributed by atoms with Crippen LogP contribution in [0.15, 0.2) is 16.5 Å². The summed E-state index contributed by atoms with van der Waals surface area (Å²) < 4.78 is 30.9. The van der Waals surface area contributed by atoms with Gasteiger partial charge in [0, 0.05) is 6.42 Å². The third-order valence-electron chi connectivity index (χ3n) is 2.00. The van der Waals surface area contributed by atoms with Gasteiger partial charge in [-0.25, -0.2) is 8.78 Å². The van der Waals surface area contributed by atoms with E-state index in [1.165, 1.54) is 6.07 Å². The molecule has 0 saturated carbocycles. The smallest absolute Gasteiger partial charge is 0.292 e. The molecule has 3 nitrogen and oxygen atoms in total. The van der Waals surface area contributed by atoms with Crippen molar-refractivity contribution in [1.82, 2.24) is 0 Å². The first-order valence-electron chi connectivity index (χ1n) is 4.34. The number of aryl methyl sites for hydroxylation is 1. The highest BCUT2D eigenvalue weighted by Gasteiger charge is 2.39. The number of nitrogens with two attached hydrogens (primary N) is 1. The zero-order chi connectivity index (χ0) is 10.8. The normalized spacial score (nSPS) is 14.4. The van der Waals surface area contributed by atoms with Gasteiger partial charge in [-0.3, -0.25) is 0 Å². The summed E-state index contributed by atoms with van der Waals surface area (Å²) in [6.07, 6.45) is 0.622. The Morgan fingerprint density at radius 3 is 2.64 bits per heavy atom. The molecule has 0 radical (unpaired) electrons. The fourth-order valence-electron chi connectivity index (χ4n) is 1.06. The van der Waals surface area contributed by atoms with E-state index in [4.69, 9.17) is 15.3 Å². The molecule has 0 spiro atoms. The second kappa shape index (κ2) is 4.06. The van der Waals surface area contributed by atoms with Crippen molar-refractivity contribution < 1.29 is 18.3 Å². The van der Waals surface area contributed by atoms with Crippen LogP contribution in [-0.4, -0.2) is 17.6 Å². The summed E-state index contributed by atoms with van der Waals surface area (Å²) in [6, 6.07) is 1.42. The Morgan fingerprint density at radius 1 is 1.57 bits per heavy atom. The van der Waals surface area contributed by atoms with E-state index in [1.807, 2.05) is 6.92 Å². The van der Waals surface area contributed by atoms with Gasteiger partial charge in [0.25, 0.3) is 5.92 Å². The predicted molar refractivity (Wildman–Crippen MR) is 47.0 cm³/mol. The summed E-state index contributed by atoms with van der Waals surface area (Å²) >= 11 is 0. The van der Waals surface area contributed by atoms with Crippen molar-refractivity contribution in [3.63, 3.8) is 0 Å². The minimum absolute atomic E-state index is 0.000833. The lowest BCUT2D eigenvalue weighted by Gasteiger charge is -2.19. The molecule has 0 amide bonds. The standard InChI is InChI=1S/C9H13F2NO2/c1-2-6-3-4-7(14-6)8(12)9(10,11)5-13/h3-4,8,13H,2,5,12H2,1H3/t8-/m1/s1. The van der Waals surface area contributed by atoms with Crippen LogP contribution >= 0.6 is 0 Å². The molecule has 14 heavy (non-hydrogen) atoms. The molecule has 0 unspecified atom stereocenters. The third kappa shape index (κ3) is 2.10. The molecule has 3 N–H and O–H groups in total. The first kappa shape index (κ1) is 11.1. The second-order valence-corrected chi connectivity index (χ2v) is 3.05. The lowest BCUT2D eigenvalue weighted by atomic mass is 10.1. The van der Waals surface area contributed by atoms with Crippen molar-refractivity contribution in [2.75, 3.05) is 6.61 Å². The average Bonchev–Trinajstić information content (AvgIpc) is 2.64. The largest absolute Gasteiger partial charge is 0.464 e. The molecule has 0 aliphatic heterocycles. The number of halogens is 2. The fourth-order valence-corrected chi connectivity index (χ4v) is 1.06. The van der Waals surface area contributed by atoms with E-state index < -0.39 is 18.6 Å². The molecule has 1 atom stereocenters. The van der Waals surface area contributed by atoms with Crippen LogP contribution in [0.1, 0.15) is 24.5 Å². The molecule has 1 heterocycles. The molecule has 1 aromatic rings. The van der Waals surface area contributed by atoms with E-state index in [0.29, 0.717) is 12.2 Å². The molecule has 0 aliphatic carbocycles. The van der Waals surface area contributed by atoms with Crippen molar-refractivity contribution in [3.05, 3.63) is 23.7 Å². The monoisotopic (exact) mass is 205 g/mol. The van der Waals surface area contributed by atoms with Gasteiger partial charge in [0.2, 0.25) is 0 Å². The molecular weight excluding hydrogens is 192 g/mol. The van der Waals surface area contributed by atoms with Gasteiger partial charge in [-0.2, -0.15) is 0 Å². The number of hydrogen-bond acceptors (Lipinski definition) is 3. The number of rotatable bonds is 4. The summed E-state index contributed by atoms with van der Waals surface area (Å²) in [6.45, 7) is 0.564. The Hall–Kier alpha value is -0.940. The molecular formula is C9H13F2NO2. The van der Waals surface area contributed by atoms with Crippen molar-refractivity contribution in [2.45, 2.75) is 25.3 Å². The van der Waals surface area contributed by atoms with Gasteiger partial charge in [0.1, 0.15) is 24.2 Å². The van der Waals surface area contributed by atoms with Crippen LogP contribution in [-0.2, 0) is 6.42 Å². The predicted octanol–water partition coefficient (Wildman–Crippen LogP) is 1.47. The molecule has 80 valence electrons. The third-order valence-corrected chi connectivity index (χ3v) is 2.00. The maximum atomic E-state index is 12.9. The maximum absolute atomic E-state index is 12.9. The summed E-state index contributed by atoms with van der Waals surface area (Å²) in [5.41, 5.74) is 5.25. The van der Waals surface area contributed by atoms with Crippen LogP contribution < -0.4 is 5.73 Å². The highest BCUT2D eigenvalue weighted by molar-refractivity contribution is 5.12. The number of aliphatic hydroxyl groups is 1. The first-order valence-corrected chi connectivity index (χ1v) is 4.34. The first-order chi connectivity index (χ1) is 6.51. The zero-order valence-electron chi connectivity index (χ0n) is 7.84. The van der Waals surface area contributed by atoms with Crippen molar-refractivity contribution >= 4 is 0 Å². The molecule has 0 bridgehead atoms. The van der Waals surface area contributed by atoms with Crippen LogP contribution in [0.25, 0.3) is 0 Å². The number of hydrogen-bond donors (Lipinski definition) is 2. The maximum Gasteiger partial charge on any atom is 0.292 e. The average molecular weight is 205 g/mol. The highest BCUT2D eigenvalue weighted by Crippen LogP contribution is 2.29. The van der Waals surface area contributed by atoms with Gasteiger partial charge in [0.05, 0.1) is 0 Å². The minimum atomic E-state index is -3.34. The van der Waals surface area contributed by atoms with Crippen molar-refractivity contribution in [1.29, 1.82) is 0 Å². The Bertz CT molecular complexity index is 299. The van der Waals surface area contributed by atoms with Crippen LogP contribution in [0.2, 0.25) is 0 Å². The SMILES string of the molecule is CCc1ccc([C@@H](N)C(F)(F)CO)o1. The summed E-state index contributed by atoms with van der Waals surface area (Å²) in [5.74, 6) is -2.74. The van der Waals surface area contributed by atoms with Crippen LogP contribution in [0.4, 0.5) is 8.78 Å². The molecule has 1 aromatic heterocycles. The topological polar surface area (TPSA) is 59.4 Å². The van der Waals surface area contributed by atoms with Crippen LogP contribution in [0.5, 0.6) is 0 Å². The molecule has 0 aliphatic rings. The molecule has 1 rings (SSSR count). The number of aliphatic hydroxyl groups excluding tert-OH is 1. The molecule has 5 heteroatoms. The molecule has 0 fully saturated rings. The minimum Gasteiger partial charge on any atom is -0.464 e. The van der Waals surface area contributed by atoms with Crippen molar-refractivity contribution in [3.8, 4) is 0 Å². The lowest BCUT2D eigenvalue weighted by Crippen LogP contribution is -2.35.